The van der Waals surface area contributed by atoms with Crippen molar-refractivity contribution in [3.63, 3.8) is 0 Å². The molecule has 0 aromatic carbocycles. The molecule has 0 aliphatic carbocycles. The molecule has 0 aromatic rings. The zero-order valence-electron chi connectivity index (χ0n) is 9.03. The standard InChI is InChI=1S/C9H18N2O3S/c1-2-15(13,14)7-6-11-5-3-4-10-8-9(11)12/h10H,2-8H2,1H3. The molecule has 0 radical (unpaired) electrons. The highest BCUT2D eigenvalue weighted by Crippen LogP contribution is 1.99. The van der Waals surface area contributed by atoms with E-state index < -0.39 is 9.84 Å². The van der Waals surface area contributed by atoms with Gasteiger partial charge in [0.15, 0.2) is 9.84 Å². The summed E-state index contributed by atoms with van der Waals surface area (Å²) in [5.41, 5.74) is 0. The van der Waals surface area contributed by atoms with E-state index >= 15 is 0 Å². The number of carbonyl (C=O) groups excluding carboxylic acids is 1. The molecule has 1 amide bonds. The molecule has 1 rings (SSSR count). The van der Waals surface area contributed by atoms with Crippen molar-refractivity contribution in [2.24, 2.45) is 0 Å². The van der Waals surface area contributed by atoms with Gasteiger partial charge < -0.3 is 10.2 Å². The second-order valence-corrected chi connectivity index (χ2v) is 6.12. The zero-order chi connectivity index (χ0) is 11.3. The first-order chi connectivity index (χ1) is 7.05. The Balaban J connectivity index is 2.46. The van der Waals surface area contributed by atoms with E-state index in [0.717, 1.165) is 13.0 Å². The summed E-state index contributed by atoms with van der Waals surface area (Å²) in [6.07, 6.45) is 0.887. The van der Waals surface area contributed by atoms with Crippen molar-refractivity contribution < 1.29 is 13.2 Å². The number of hydrogen-bond donors (Lipinski definition) is 1. The Labute approximate surface area is 90.7 Å². The lowest BCUT2D eigenvalue weighted by molar-refractivity contribution is -0.129. The normalized spacial score (nSPS) is 19.0. The van der Waals surface area contributed by atoms with Crippen LogP contribution >= 0.6 is 0 Å². The maximum Gasteiger partial charge on any atom is 0.236 e. The van der Waals surface area contributed by atoms with E-state index in [2.05, 4.69) is 5.32 Å². The highest BCUT2D eigenvalue weighted by atomic mass is 32.2. The lowest BCUT2D eigenvalue weighted by Gasteiger charge is -2.19. The van der Waals surface area contributed by atoms with Gasteiger partial charge in [0, 0.05) is 18.8 Å². The van der Waals surface area contributed by atoms with Crippen molar-refractivity contribution in [1.29, 1.82) is 0 Å². The monoisotopic (exact) mass is 234 g/mol. The summed E-state index contributed by atoms with van der Waals surface area (Å²) in [7, 11) is -2.97. The van der Waals surface area contributed by atoms with E-state index in [0.29, 0.717) is 19.6 Å². The van der Waals surface area contributed by atoms with Gasteiger partial charge in [-0.2, -0.15) is 0 Å². The lowest BCUT2D eigenvalue weighted by atomic mass is 10.4. The summed E-state index contributed by atoms with van der Waals surface area (Å²) < 4.78 is 22.6. The number of nitrogens with one attached hydrogen (secondary N) is 1. The highest BCUT2D eigenvalue weighted by molar-refractivity contribution is 7.91. The molecule has 0 aromatic heterocycles. The summed E-state index contributed by atoms with van der Waals surface area (Å²) in [5, 5.41) is 3.00. The third kappa shape index (κ3) is 4.17. The molecule has 6 heteroatoms. The minimum atomic E-state index is -2.97. The molecule has 1 aliphatic rings. The highest BCUT2D eigenvalue weighted by Gasteiger charge is 2.18. The van der Waals surface area contributed by atoms with E-state index in [9.17, 15) is 13.2 Å². The van der Waals surface area contributed by atoms with Crippen LogP contribution in [-0.2, 0) is 14.6 Å². The predicted octanol–water partition coefficient (Wildman–Crippen LogP) is -0.757. The van der Waals surface area contributed by atoms with E-state index in [1.54, 1.807) is 11.8 Å². The van der Waals surface area contributed by atoms with Crippen LogP contribution in [0.25, 0.3) is 0 Å². The first-order valence-electron chi connectivity index (χ1n) is 5.24. The fourth-order valence-electron chi connectivity index (χ4n) is 1.46. The number of hydrogen-bond acceptors (Lipinski definition) is 4. The van der Waals surface area contributed by atoms with Gasteiger partial charge in [0.05, 0.1) is 12.3 Å². The van der Waals surface area contributed by atoms with Crippen LogP contribution in [0.5, 0.6) is 0 Å². The summed E-state index contributed by atoms with van der Waals surface area (Å²) in [4.78, 5) is 13.1. The minimum absolute atomic E-state index is 0.00111. The van der Waals surface area contributed by atoms with Gasteiger partial charge in [0.1, 0.15) is 0 Å². The van der Waals surface area contributed by atoms with Crippen molar-refractivity contribution in [2.75, 3.05) is 37.7 Å². The van der Waals surface area contributed by atoms with Gasteiger partial charge in [-0.05, 0) is 13.0 Å². The smallest absolute Gasteiger partial charge is 0.236 e. The number of rotatable bonds is 4. The Morgan fingerprint density at radius 1 is 1.47 bits per heavy atom. The fraction of sp³-hybridized carbons (Fsp3) is 0.889. The van der Waals surface area contributed by atoms with Crippen LogP contribution in [0.1, 0.15) is 13.3 Å². The molecule has 1 fully saturated rings. The summed E-state index contributed by atoms with van der Waals surface area (Å²) in [6.45, 7) is 3.76. The number of amides is 1. The van der Waals surface area contributed by atoms with Gasteiger partial charge in [0.2, 0.25) is 5.91 Å². The fourth-order valence-corrected chi connectivity index (χ4v) is 2.24. The van der Waals surface area contributed by atoms with Crippen molar-refractivity contribution in [1.82, 2.24) is 10.2 Å². The molecule has 5 nitrogen and oxygen atoms in total. The number of sulfone groups is 1. The van der Waals surface area contributed by atoms with E-state index in [1.807, 2.05) is 0 Å². The van der Waals surface area contributed by atoms with Crippen molar-refractivity contribution in [2.45, 2.75) is 13.3 Å². The Bertz CT molecular complexity index is 313. The lowest BCUT2D eigenvalue weighted by Crippen LogP contribution is -2.38. The minimum Gasteiger partial charge on any atom is -0.341 e. The van der Waals surface area contributed by atoms with Crippen molar-refractivity contribution in [3.05, 3.63) is 0 Å². The van der Waals surface area contributed by atoms with Crippen molar-refractivity contribution in [3.8, 4) is 0 Å². The maximum absolute atomic E-state index is 11.5. The molecule has 1 aliphatic heterocycles. The average molecular weight is 234 g/mol. The van der Waals surface area contributed by atoms with E-state index in [1.165, 1.54) is 0 Å². The topological polar surface area (TPSA) is 66.5 Å². The Hall–Kier alpha value is -0.620. The van der Waals surface area contributed by atoms with Gasteiger partial charge in [-0.25, -0.2) is 8.42 Å². The quantitative estimate of drug-likeness (QED) is 0.694. The Morgan fingerprint density at radius 2 is 2.20 bits per heavy atom. The molecular formula is C9H18N2O3S. The predicted molar refractivity (Wildman–Crippen MR) is 58.4 cm³/mol. The van der Waals surface area contributed by atoms with Crippen LogP contribution in [0.3, 0.4) is 0 Å². The number of nitrogens with zero attached hydrogens (tertiary/aromatic N) is 1. The Kier molecular flexibility index (Phi) is 4.53. The summed E-state index contributed by atoms with van der Waals surface area (Å²) in [5.74, 6) is 0.224. The first kappa shape index (κ1) is 12.4. The molecule has 0 spiro atoms. The number of carbonyl (C=O) groups is 1. The maximum atomic E-state index is 11.5. The van der Waals surface area contributed by atoms with E-state index in [4.69, 9.17) is 0 Å². The second-order valence-electron chi connectivity index (χ2n) is 3.65. The Morgan fingerprint density at radius 3 is 2.87 bits per heavy atom. The van der Waals surface area contributed by atoms with Gasteiger partial charge in [0.25, 0.3) is 0 Å². The van der Waals surface area contributed by atoms with Gasteiger partial charge >= 0.3 is 0 Å². The zero-order valence-corrected chi connectivity index (χ0v) is 9.85. The summed E-state index contributed by atoms with van der Waals surface area (Å²) >= 11 is 0. The molecule has 1 N–H and O–H groups in total. The average Bonchev–Trinajstić information content (AvgIpc) is 2.40. The van der Waals surface area contributed by atoms with Crippen LogP contribution < -0.4 is 5.32 Å². The van der Waals surface area contributed by atoms with Crippen LogP contribution in [0.2, 0.25) is 0 Å². The van der Waals surface area contributed by atoms with E-state index in [-0.39, 0.29) is 17.4 Å². The largest absolute Gasteiger partial charge is 0.341 e. The van der Waals surface area contributed by atoms with Gasteiger partial charge in [-0.15, -0.1) is 0 Å². The summed E-state index contributed by atoms with van der Waals surface area (Å²) in [6, 6.07) is 0. The van der Waals surface area contributed by atoms with Crippen LogP contribution in [0.4, 0.5) is 0 Å². The first-order valence-corrected chi connectivity index (χ1v) is 7.06. The third-order valence-corrected chi connectivity index (χ3v) is 4.21. The van der Waals surface area contributed by atoms with Gasteiger partial charge in [-0.3, -0.25) is 4.79 Å². The molecule has 88 valence electrons. The van der Waals surface area contributed by atoms with Crippen LogP contribution in [-0.4, -0.2) is 56.9 Å². The van der Waals surface area contributed by atoms with Crippen LogP contribution in [0, 0.1) is 0 Å². The van der Waals surface area contributed by atoms with Crippen LogP contribution in [0.15, 0.2) is 0 Å². The molecule has 0 atom stereocenters. The molecular weight excluding hydrogens is 216 g/mol. The SMILES string of the molecule is CCS(=O)(=O)CCN1CCCNCC1=O. The third-order valence-electron chi connectivity index (χ3n) is 2.52. The van der Waals surface area contributed by atoms with Crippen molar-refractivity contribution >= 4 is 15.7 Å². The molecule has 15 heavy (non-hydrogen) atoms. The molecule has 0 bridgehead atoms. The molecule has 1 saturated heterocycles. The van der Waals surface area contributed by atoms with Gasteiger partial charge in [-0.1, -0.05) is 6.92 Å². The molecule has 0 saturated carbocycles. The molecule has 1 heterocycles. The molecule has 0 unspecified atom stereocenters. The second kappa shape index (κ2) is 5.46.